The number of anilines is 1. The standard InChI is InChI=1S/C29H34FN3O5S/c1-21(28(35)31-29(2,3)4)32(19-22-11-17-25(38-5)18-12-22)27(34)20-33(24-15-13-23(30)14-16-24)39(36,37)26-9-7-6-8-10-26/h6-18,21H,19-20H2,1-5H3,(H,31,35). The molecule has 0 fully saturated rings. The van der Waals surface area contributed by atoms with E-state index in [1.807, 2.05) is 20.8 Å². The third-order valence-corrected chi connectivity index (χ3v) is 7.69. The molecule has 0 radical (unpaired) electrons. The Kier molecular flexibility index (Phi) is 9.34. The average molecular weight is 556 g/mol. The van der Waals surface area contributed by atoms with Gasteiger partial charge in [-0.15, -0.1) is 0 Å². The molecule has 208 valence electrons. The van der Waals surface area contributed by atoms with Gasteiger partial charge < -0.3 is 15.0 Å². The number of ether oxygens (including phenoxy) is 1. The van der Waals surface area contributed by atoms with Crippen LogP contribution in [-0.4, -0.2) is 50.4 Å². The maximum atomic E-state index is 13.9. The number of hydrogen-bond donors (Lipinski definition) is 1. The Morgan fingerprint density at radius 1 is 0.949 bits per heavy atom. The average Bonchev–Trinajstić information content (AvgIpc) is 2.90. The number of carbonyl (C=O) groups is 2. The maximum absolute atomic E-state index is 13.9. The summed E-state index contributed by atoms with van der Waals surface area (Å²) in [7, 11) is -2.66. The summed E-state index contributed by atoms with van der Waals surface area (Å²) in [6, 6.07) is 18.6. The first-order chi connectivity index (χ1) is 18.3. The Morgan fingerprint density at radius 3 is 2.08 bits per heavy atom. The van der Waals surface area contributed by atoms with Crippen LogP contribution >= 0.6 is 0 Å². The molecule has 1 atom stereocenters. The van der Waals surface area contributed by atoms with E-state index in [4.69, 9.17) is 4.74 Å². The predicted molar refractivity (Wildman–Crippen MR) is 148 cm³/mol. The van der Waals surface area contributed by atoms with Gasteiger partial charge in [-0.05, 0) is 81.8 Å². The Bertz CT molecular complexity index is 1370. The maximum Gasteiger partial charge on any atom is 0.264 e. The molecule has 39 heavy (non-hydrogen) atoms. The molecule has 0 aliphatic carbocycles. The summed E-state index contributed by atoms with van der Waals surface area (Å²) in [5.74, 6) is -0.905. The lowest BCUT2D eigenvalue weighted by atomic mass is 10.1. The van der Waals surface area contributed by atoms with Crippen LogP contribution in [0.2, 0.25) is 0 Å². The van der Waals surface area contributed by atoms with E-state index in [2.05, 4.69) is 5.32 Å². The minimum Gasteiger partial charge on any atom is -0.497 e. The molecule has 3 rings (SSSR count). The molecule has 2 amide bonds. The minimum atomic E-state index is -4.21. The van der Waals surface area contributed by atoms with E-state index < -0.39 is 39.9 Å². The zero-order valence-electron chi connectivity index (χ0n) is 22.7. The van der Waals surface area contributed by atoms with Crippen LogP contribution in [0.25, 0.3) is 0 Å². The Labute approximate surface area is 229 Å². The van der Waals surface area contributed by atoms with Crippen molar-refractivity contribution < 1.29 is 27.1 Å². The molecule has 8 nitrogen and oxygen atoms in total. The molecule has 1 unspecified atom stereocenters. The number of nitrogens with one attached hydrogen (secondary N) is 1. The van der Waals surface area contributed by atoms with Crippen LogP contribution < -0.4 is 14.4 Å². The number of nitrogens with zero attached hydrogens (tertiary/aromatic N) is 2. The molecule has 1 N–H and O–H groups in total. The summed E-state index contributed by atoms with van der Waals surface area (Å²) in [6.07, 6.45) is 0. The van der Waals surface area contributed by atoms with Gasteiger partial charge in [0.15, 0.2) is 0 Å². The van der Waals surface area contributed by atoms with Crippen LogP contribution in [0, 0.1) is 5.82 Å². The fraction of sp³-hybridized carbons (Fsp3) is 0.310. The van der Waals surface area contributed by atoms with Gasteiger partial charge in [0.1, 0.15) is 24.2 Å². The third kappa shape index (κ3) is 7.79. The Morgan fingerprint density at radius 2 is 1.54 bits per heavy atom. The van der Waals surface area contributed by atoms with E-state index in [1.54, 1.807) is 56.5 Å². The Hall–Kier alpha value is -3.92. The number of sulfonamides is 1. The fourth-order valence-corrected chi connectivity index (χ4v) is 5.28. The highest BCUT2D eigenvalue weighted by Gasteiger charge is 2.33. The lowest BCUT2D eigenvalue weighted by Gasteiger charge is -2.33. The van der Waals surface area contributed by atoms with Gasteiger partial charge in [-0.1, -0.05) is 30.3 Å². The molecule has 0 aromatic heterocycles. The molecule has 0 bridgehead atoms. The van der Waals surface area contributed by atoms with Crippen molar-refractivity contribution in [1.29, 1.82) is 0 Å². The minimum absolute atomic E-state index is 0.0256. The highest BCUT2D eigenvalue weighted by molar-refractivity contribution is 7.92. The summed E-state index contributed by atoms with van der Waals surface area (Å²) in [6.45, 7) is 6.52. The molecule has 0 saturated carbocycles. The molecule has 0 spiro atoms. The van der Waals surface area contributed by atoms with Gasteiger partial charge in [0.25, 0.3) is 10.0 Å². The number of halogens is 1. The van der Waals surface area contributed by atoms with Crippen molar-refractivity contribution in [2.24, 2.45) is 0 Å². The smallest absolute Gasteiger partial charge is 0.264 e. The van der Waals surface area contributed by atoms with Crippen LogP contribution in [-0.2, 0) is 26.2 Å². The third-order valence-electron chi connectivity index (χ3n) is 5.90. The molecule has 0 heterocycles. The van der Waals surface area contributed by atoms with E-state index in [0.717, 1.165) is 22.0 Å². The highest BCUT2D eigenvalue weighted by Crippen LogP contribution is 2.25. The van der Waals surface area contributed by atoms with Gasteiger partial charge in [0, 0.05) is 12.1 Å². The quantitative estimate of drug-likeness (QED) is 0.401. The van der Waals surface area contributed by atoms with E-state index >= 15 is 0 Å². The second-order valence-corrected chi connectivity index (χ2v) is 11.9. The summed E-state index contributed by atoms with van der Waals surface area (Å²) in [5, 5.41) is 2.88. The molecular formula is C29H34FN3O5S. The fourth-order valence-electron chi connectivity index (χ4n) is 3.84. The second kappa shape index (κ2) is 12.3. The van der Waals surface area contributed by atoms with E-state index in [9.17, 15) is 22.4 Å². The molecular weight excluding hydrogens is 521 g/mol. The van der Waals surface area contributed by atoms with E-state index in [-0.39, 0.29) is 23.0 Å². The molecule has 3 aromatic carbocycles. The van der Waals surface area contributed by atoms with Crippen LogP contribution in [0.3, 0.4) is 0 Å². The summed E-state index contributed by atoms with van der Waals surface area (Å²) in [4.78, 5) is 28.3. The number of carbonyl (C=O) groups excluding carboxylic acids is 2. The first-order valence-corrected chi connectivity index (χ1v) is 13.8. The highest BCUT2D eigenvalue weighted by atomic mass is 32.2. The lowest BCUT2D eigenvalue weighted by Crippen LogP contribution is -2.54. The van der Waals surface area contributed by atoms with Crippen LogP contribution in [0.5, 0.6) is 5.75 Å². The topological polar surface area (TPSA) is 96.0 Å². The summed E-state index contributed by atoms with van der Waals surface area (Å²) < 4.78 is 47.2. The lowest BCUT2D eigenvalue weighted by molar-refractivity contribution is -0.140. The number of rotatable bonds is 10. The summed E-state index contributed by atoms with van der Waals surface area (Å²) >= 11 is 0. The largest absolute Gasteiger partial charge is 0.497 e. The van der Waals surface area contributed by atoms with E-state index in [1.165, 1.54) is 29.2 Å². The van der Waals surface area contributed by atoms with Crippen molar-refractivity contribution in [2.75, 3.05) is 18.0 Å². The van der Waals surface area contributed by atoms with Gasteiger partial charge in [-0.2, -0.15) is 0 Å². The zero-order chi connectivity index (χ0) is 28.8. The molecule has 0 saturated heterocycles. The van der Waals surface area contributed by atoms with Gasteiger partial charge in [0.2, 0.25) is 11.8 Å². The number of methoxy groups -OCH3 is 1. The second-order valence-electron chi connectivity index (χ2n) is 10.1. The van der Waals surface area contributed by atoms with E-state index in [0.29, 0.717) is 5.75 Å². The summed E-state index contributed by atoms with van der Waals surface area (Å²) in [5.41, 5.74) is 0.292. The SMILES string of the molecule is COc1ccc(CN(C(=O)CN(c2ccc(F)cc2)S(=O)(=O)c2ccccc2)C(C)C(=O)NC(C)(C)C)cc1. The number of amides is 2. The Balaban J connectivity index is 2.01. The van der Waals surface area contributed by atoms with Gasteiger partial charge in [-0.25, -0.2) is 12.8 Å². The predicted octanol–water partition coefficient (Wildman–Crippen LogP) is 4.36. The van der Waals surface area contributed by atoms with Crippen molar-refractivity contribution >= 4 is 27.5 Å². The zero-order valence-corrected chi connectivity index (χ0v) is 23.5. The van der Waals surface area contributed by atoms with Gasteiger partial charge in [0.05, 0.1) is 17.7 Å². The normalized spacial score (nSPS) is 12.4. The molecule has 0 aliphatic heterocycles. The van der Waals surface area contributed by atoms with Crippen molar-refractivity contribution in [1.82, 2.24) is 10.2 Å². The van der Waals surface area contributed by atoms with Crippen molar-refractivity contribution in [3.8, 4) is 5.75 Å². The molecule has 0 aliphatic rings. The molecule has 3 aromatic rings. The van der Waals surface area contributed by atoms with Crippen molar-refractivity contribution in [3.05, 3.63) is 90.2 Å². The first-order valence-electron chi connectivity index (χ1n) is 12.4. The first kappa shape index (κ1) is 29.6. The van der Waals surface area contributed by atoms with Gasteiger partial charge >= 0.3 is 0 Å². The van der Waals surface area contributed by atoms with Gasteiger partial charge in [-0.3, -0.25) is 13.9 Å². The van der Waals surface area contributed by atoms with Crippen LogP contribution in [0.4, 0.5) is 10.1 Å². The van der Waals surface area contributed by atoms with Crippen molar-refractivity contribution in [3.63, 3.8) is 0 Å². The monoisotopic (exact) mass is 555 g/mol. The van der Waals surface area contributed by atoms with Crippen LogP contribution in [0.15, 0.2) is 83.8 Å². The van der Waals surface area contributed by atoms with Crippen molar-refractivity contribution in [2.45, 2.75) is 50.7 Å². The number of hydrogen-bond acceptors (Lipinski definition) is 5. The number of benzene rings is 3. The molecule has 10 heteroatoms. The van der Waals surface area contributed by atoms with Crippen LogP contribution in [0.1, 0.15) is 33.3 Å².